The molecule has 0 saturated heterocycles. The van der Waals surface area contributed by atoms with Gasteiger partial charge in [-0.05, 0) is 18.1 Å². The highest BCUT2D eigenvalue weighted by molar-refractivity contribution is 5.95. The van der Waals surface area contributed by atoms with Crippen molar-refractivity contribution in [2.45, 2.75) is 19.9 Å². The second-order valence-corrected chi connectivity index (χ2v) is 5.39. The summed E-state index contributed by atoms with van der Waals surface area (Å²) in [5, 5.41) is 20.4. The van der Waals surface area contributed by atoms with Gasteiger partial charge in [-0.25, -0.2) is 0 Å². The lowest BCUT2D eigenvalue weighted by atomic mass is 10.1. The van der Waals surface area contributed by atoms with E-state index in [0.29, 0.717) is 18.5 Å². The van der Waals surface area contributed by atoms with E-state index in [-0.39, 0.29) is 30.3 Å². The molecule has 1 N–H and O–H groups in total. The van der Waals surface area contributed by atoms with Gasteiger partial charge in [-0.3, -0.25) is 14.9 Å². The molecule has 0 fully saturated rings. The van der Waals surface area contributed by atoms with Crippen LogP contribution in [0.25, 0.3) is 0 Å². The van der Waals surface area contributed by atoms with E-state index >= 15 is 0 Å². The van der Waals surface area contributed by atoms with Crippen LogP contribution in [0.1, 0.15) is 28.4 Å². The third kappa shape index (κ3) is 4.17. The number of nitro benzene ring substituents is 1. The minimum atomic E-state index is -0.469. The molecule has 0 unspecified atom stereocenters. The van der Waals surface area contributed by atoms with E-state index in [1.807, 2.05) is 37.3 Å². The first kappa shape index (κ1) is 17.6. The number of hydrogen-bond donors (Lipinski definition) is 1. The quantitative estimate of drug-likeness (QED) is 0.626. The van der Waals surface area contributed by atoms with Crippen LogP contribution >= 0.6 is 0 Å². The van der Waals surface area contributed by atoms with Crippen molar-refractivity contribution in [2.24, 2.45) is 0 Å². The zero-order chi connectivity index (χ0) is 17.5. The molecule has 24 heavy (non-hydrogen) atoms. The molecule has 0 radical (unpaired) electrons. The van der Waals surface area contributed by atoms with Crippen LogP contribution in [0.15, 0.2) is 48.5 Å². The van der Waals surface area contributed by atoms with Crippen LogP contribution in [0.2, 0.25) is 0 Å². The summed E-state index contributed by atoms with van der Waals surface area (Å²) in [4.78, 5) is 24.9. The third-order valence-corrected chi connectivity index (χ3v) is 3.78. The van der Waals surface area contributed by atoms with Gasteiger partial charge in [0.15, 0.2) is 0 Å². The normalized spacial score (nSPS) is 10.4. The van der Waals surface area contributed by atoms with Gasteiger partial charge in [0.25, 0.3) is 11.6 Å². The standard InChI is InChI=1S/C18H20N2O4/c1-2-15-8-9-16(12-17(15)20(23)24)18(22)19(10-11-21)13-14-6-4-3-5-7-14/h3-9,12,21H,2,10-11,13H2,1H3. The number of hydrogen-bond acceptors (Lipinski definition) is 4. The zero-order valence-corrected chi connectivity index (χ0v) is 13.5. The summed E-state index contributed by atoms with van der Waals surface area (Å²) in [5.41, 5.74) is 1.72. The zero-order valence-electron chi connectivity index (χ0n) is 13.5. The molecule has 1 amide bonds. The first-order valence-corrected chi connectivity index (χ1v) is 7.78. The number of nitro groups is 1. The average Bonchev–Trinajstić information content (AvgIpc) is 2.61. The molecule has 0 aliphatic rings. The van der Waals surface area contributed by atoms with Crippen LogP contribution in [-0.4, -0.2) is 34.0 Å². The van der Waals surface area contributed by atoms with Gasteiger partial charge < -0.3 is 10.0 Å². The summed E-state index contributed by atoms with van der Waals surface area (Å²) in [5.74, 6) is -0.335. The van der Waals surface area contributed by atoms with Crippen molar-refractivity contribution < 1.29 is 14.8 Å². The maximum Gasteiger partial charge on any atom is 0.273 e. The van der Waals surface area contributed by atoms with Crippen LogP contribution in [-0.2, 0) is 13.0 Å². The van der Waals surface area contributed by atoms with Gasteiger partial charge >= 0.3 is 0 Å². The van der Waals surface area contributed by atoms with Gasteiger partial charge in [0, 0.05) is 30.3 Å². The van der Waals surface area contributed by atoms with Crippen molar-refractivity contribution in [3.63, 3.8) is 0 Å². The number of aliphatic hydroxyl groups excluding tert-OH is 1. The number of aryl methyl sites for hydroxylation is 1. The summed E-state index contributed by atoms with van der Waals surface area (Å²) in [6.45, 7) is 2.16. The first-order valence-electron chi connectivity index (χ1n) is 7.78. The Morgan fingerprint density at radius 2 is 1.92 bits per heavy atom. The molecule has 0 spiro atoms. The summed E-state index contributed by atoms with van der Waals surface area (Å²) in [6, 6.07) is 13.9. The lowest BCUT2D eigenvalue weighted by molar-refractivity contribution is -0.385. The maximum absolute atomic E-state index is 12.7. The lowest BCUT2D eigenvalue weighted by Gasteiger charge is -2.22. The van der Waals surface area contributed by atoms with Gasteiger partial charge in [-0.1, -0.05) is 43.3 Å². The van der Waals surface area contributed by atoms with Crippen molar-refractivity contribution >= 4 is 11.6 Å². The van der Waals surface area contributed by atoms with Crippen LogP contribution < -0.4 is 0 Å². The molecular weight excluding hydrogens is 308 g/mol. The smallest absolute Gasteiger partial charge is 0.273 e. The Morgan fingerprint density at radius 3 is 2.50 bits per heavy atom. The minimum Gasteiger partial charge on any atom is -0.395 e. The number of rotatable bonds is 7. The highest BCUT2D eigenvalue weighted by atomic mass is 16.6. The van der Waals surface area contributed by atoms with E-state index in [2.05, 4.69) is 0 Å². The van der Waals surface area contributed by atoms with Crippen molar-refractivity contribution in [1.29, 1.82) is 0 Å². The van der Waals surface area contributed by atoms with Gasteiger partial charge in [-0.15, -0.1) is 0 Å². The Labute approximate surface area is 140 Å². The SMILES string of the molecule is CCc1ccc(C(=O)N(CCO)Cc2ccccc2)cc1[N+](=O)[O-]. The molecule has 2 aromatic carbocycles. The summed E-state index contributed by atoms with van der Waals surface area (Å²) >= 11 is 0. The van der Waals surface area contributed by atoms with Crippen molar-refractivity contribution in [3.8, 4) is 0 Å². The molecule has 0 aliphatic carbocycles. The minimum absolute atomic E-state index is 0.0491. The van der Waals surface area contributed by atoms with Gasteiger partial charge in [0.1, 0.15) is 0 Å². The van der Waals surface area contributed by atoms with Gasteiger partial charge in [0.05, 0.1) is 11.5 Å². The molecule has 0 atom stereocenters. The second-order valence-electron chi connectivity index (χ2n) is 5.39. The highest BCUT2D eigenvalue weighted by Crippen LogP contribution is 2.22. The predicted molar refractivity (Wildman–Crippen MR) is 90.7 cm³/mol. The Bertz CT molecular complexity index is 716. The fourth-order valence-corrected chi connectivity index (χ4v) is 2.53. The highest BCUT2D eigenvalue weighted by Gasteiger charge is 2.20. The molecule has 0 bridgehead atoms. The van der Waals surface area contributed by atoms with Crippen LogP contribution in [0.3, 0.4) is 0 Å². The Kier molecular flexibility index (Phi) is 6.03. The van der Waals surface area contributed by atoms with E-state index in [0.717, 1.165) is 5.56 Å². The molecule has 0 saturated carbocycles. The molecular formula is C18H20N2O4. The lowest BCUT2D eigenvalue weighted by Crippen LogP contribution is -2.33. The molecule has 126 valence electrons. The number of amides is 1. The molecule has 6 nitrogen and oxygen atoms in total. The number of nitrogens with zero attached hydrogens (tertiary/aromatic N) is 2. The third-order valence-electron chi connectivity index (χ3n) is 3.78. The fraction of sp³-hybridized carbons (Fsp3) is 0.278. The molecule has 0 aliphatic heterocycles. The number of aliphatic hydroxyl groups is 1. The van der Waals surface area contributed by atoms with Gasteiger partial charge in [-0.2, -0.15) is 0 Å². The maximum atomic E-state index is 12.7. The topological polar surface area (TPSA) is 83.7 Å². The predicted octanol–water partition coefficient (Wildman–Crippen LogP) is 2.79. The van der Waals surface area contributed by atoms with Crippen molar-refractivity contribution in [1.82, 2.24) is 4.90 Å². The fourth-order valence-electron chi connectivity index (χ4n) is 2.53. The van der Waals surface area contributed by atoms with Crippen LogP contribution in [0.5, 0.6) is 0 Å². The first-order chi connectivity index (χ1) is 11.6. The Hall–Kier alpha value is -2.73. The van der Waals surface area contributed by atoms with E-state index in [1.165, 1.54) is 11.0 Å². The summed E-state index contributed by atoms with van der Waals surface area (Å²) in [7, 11) is 0. The van der Waals surface area contributed by atoms with E-state index < -0.39 is 4.92 Å². The van der Waals surface area contributed by atoms with E-state index in [9.17, 15) is 20.0 Å². The van der Waals surface area contributed by atoms with Crippen molar-refractivity contribution in [3.05, 3.63) is 75.3 Å². The van der Waals surface area contributed by atoms with E-state index in [4.69, 9.17) is 0 Å². The monoisotopic (exact) mass is 328 g/mol. The second kappa shape index (κ2) is 8.21. The number of carbonyl (C=O) groups excluding carboxylic acids is 1. The molecule has 6 heteroatoms. The molecule has 0 aromatic heterocycles. The largest absolute Gasteiger partial charge is 0.395 e. The number of benzene rings is 2. The van der Waals surface area contributed by atoms with Crippen LogP contribution in [0, 0.1) is 10.1 Å². The van der Waals surface area contributed by atoms with E-state index in [1.54, 1.807) is 12.1 Å². The number of carbonyl (C=O) groups is 1. The molecule has 2 aromatic rings. The summed E-state index contributed by atoms with van der Waals surface area (Å²) < 4.78 is 0. The Balaban J connectivity index is 2.29. The van der Waals surface area contributed by atoms with Crippen molar-refractivity contribution in [2.75, 3.05) is 13.2 Å². The summed E-state index contributed by atoms with van der Waals surface area (Å²) in [6.07, 6.45) is 0.523. The average molecular weight is 328 g/mol. The van der Waals surface area contributed by atoms with Gasteiger partial charge in [0.2, 0.25) is 0 Å². The molecule has 2 rings (SSSR count). The Morgan fingerprint density at radius 1 is 1.21 bits per heavy atom. The molecule has 0 heterocycles. The van der Waals surface area contributed by atoms with Crippen LogP contribution in [0.4, 0.5) is 5.69 Å².